The Morgan fingerprint density at radius 1 is 1.50 bits per heavy atom. The summed E-state index contributed by atoms with van der Waals surface area (Å²) in [6.07, 6.45) is 3.68. The summed E-state index contributed by atoms with van der Waals surface area (Å²) in [6, 6.07) is -0.559. The number of nitrogens with one attached hydrogen (secondary N) is 1. The summed E-state index contributed by atoms with van der Waals surface area (Å²) in [5.74, 6) is -0.591. The van der Waals surface area contributed by atoms with E-state index in [9.17, 15) is 9.59 Å². The van der Waals surface area contributed by atoms with Crippen molar-refractivity contribution in [3.8, 4) is 0 Å². The summed E-state index contributed by atoms with van der Waals surface area (Å²) in [5.41, 5.74) is 5.60. The molecule has 0 saturated heterocycles. The Morgan fingerprint density at radius 3 is 2.56 bits per heavy atom. The molecule has 0 radical (unpaired) electrons. The molecule has 2 atom stereocenters. The lowest BCUT2D eigenvalue weighted by Gasteiger charge is -2.32. The van der Waals surface area contributed by atoms with Crippen molar-refractivity contribution in [2.75, 3.05) is 0 Å². The number of aliphatic carboxylic acids is 1. The van der Waals surface area contributed by atoms with E-state index >= 15 is 0 Å². The molecule has 0 aromatic heterocycles. The first-order valence-corrected chi connectivity index (χ1v) is 5.78. The van der Waals surface area contributed by atoms with Gasteiger partial charge in [0.05, 0.1) is 6.04 Å². The van der Waals surface area contributed by atoms with Gasteiger partial charge in [-0.15, -0.1) is 0 Å². The fourth-order valence-corrected chi connectivity index (χ4v) is 1.80. The highest BCUT2D eigenvalue weighted by atomic mass is 16.4. The van der Waals surface area contributed by atoms with E-state index in [1.807, 2.05) is 6.92 Å². The second kappa shape index (κ2) is 5.84. The molecule has 1 saturated carbocycles. The van der Waals surface area contributed by atoms with Gasteiger partial charge in [-0.2, -0.15) is 0 Å². The molecule has 0 bridgehead atoms. The first kappa shape index (κ1) is 13.0. The number of carboxylic acids is 1. The third-order valence-corrected chi connectivity index (χ3v) is 3.23. The zero-order valence-electron chi connectivity index (χ0n) is 9.61. The average molecular weight is 228 g/mol. The van der Waals surface area contributed by atoms with Crippen LogP contribution in [0.4, 0.5) is 0 Å². The quantitative estimate of drug-likeness (QED) is 0.616. The van der Waals surface area contributed by atoms with Crippen molar-refractivity contribution in [1.29, 1.82) is 0 Å². The van der Waals surface area contributed by atoms with Crippen LogP contribution in [0.2, 0.25) is 0 Å². The fraction of sp³-hybridized carbons (Fsp3) is 0.818. The molecule has 16 heavy (non-hydrogen) atoms. The number of hydrogen-bond acceptors (Lipinski definition) is 3. The van der Waals surface area contributed by atoms with Gasteiger partial charge in [0.1, 0.15) is 0 Å². The van der Waals surface area contributed by atoms with E-state index in [0.717, 1.165) is 12.8 Å². The number of amides is 1. The lowest BCUT2D eigenvalue weighted by molar-refractivity contribution is -0.137. The van der Waals surface area contributed by atoms with Crippen molar-refractivity contribution >= 4 is 11.9 Å². The fourth-order valence-electron chi connectivity index (χ4n) is 1.80. The Labute approximate surface area is 95.4 Å². The molecule has 4 N–H and O–H groups in total. The number of nitrogens with two attached hydrogens (primary N) is 1. The summed E-state index contributed by atoms with van der Waals surface area (Å²) >= 11 is 0. The number of carboxylic acid groups (broad SMARTS) is 1. The Hall–Kier alpha value is -1.10. The smallest absolute Gasteiger partial charge is 0.303 e. The van der Waals surface area contributed by atoms with Gasteiger partial charge in [-0.3, -0.25) is 9.59 Å². The minimum absolute atomic E-state index is 0.0631. The first-order chi connectivity index (χ1) is 7.50. The van der Waals surface area contributed by atoms with Crippen LogP contribution in [-0.2, 0) is 9.59 Å². The molecular formula is C11H20N2O3. The summed E-state index contributed by atoms with van der Waals surface area (Å²) in [5, 5.41) is 11.3. The van der Waals surface area contributed by atoms with Gasteiger partial charge in [0, 0.05) is 12.5 Å². The Kier molecular flexibility index (Phi) is 4.73. The maximum Gasteiger partial charge on any atom is 0.303 e. The minimum atomic E-state index is -0.921. The van der Waals surface area contributed by atoms with Crippen molar-refractivity contribution in [1.82, 2.24) is 5.32 Å². The molecule has 1 fully saturated rings. The van der Waals surface area contributed by atoms with Crippen molar-refractivity contribution in [2.45, 2.75) is 51.1 Å². The lowest BCUT2D eigenvalue weighted by Crippen LogP contribution is -2.48. The van der Waals surface area contributed by atoms with Gasteiger partial charge in [0.25, 0.3) is 0 Å². The van der Waals surface area contributed by atoms with Gasteiger partial charge in [0.2, 0.25) is 5.91 Å². The van der Waals surface area contributed by atoms with E-state index in [1.54, 1.807) is 0 Å². The molecule has 92 valence electrons. The number of hydrogen-bond donors (Lipinski definition) is 3. The van der Waals surface area contributed by atoms with Crippen LogP contribution in [0.5, 0.6) is 0 Å². The highest BCUT2D eigenvalue weighted by molar-refractivity contribution is 5.82. The van der Waals surface area contributed by atoms with Gasteiger partial charge in [-0.05, 0) is 32.1 Å². The molecule has 1 aliphatic rings. The molecule has 5 heteroatoms. The molecule has 0 aromatic carbocycles. The van der Waals surface area contributed by atoms with Gasteiger partial charge < -0.3 is 16.2 Å². The van der Waals surface area contributed by atoms with E-state index in [2.05, 4.69) is 5.32 Å². The lowest BCUT2D eigenvalue weighted by atomic mass is 9.80. The summed E-state index contributed by atoms with van der Waals surface area (Å²) in [7, 11) is 0. The molecule has 1 amide bonds. The maximum atomic E-state index is 11.6. The molecule has 1 rings (SSSR count). The van der Waals surface area contributed by atoms with E-state index in [0.29, 0.717) is 5.92 Å². The molecular weight excluding hydrogens is 208 g/mol. The summed E-state index contributed by atoms with van der Waals surface area (Å²) in [6.45, 7) is 1.98. The van der Waals surface area contributed by atoms with Crippen molar-refractivity contribution in [2.24, 2.45) is 11.7 Å². The Morgan fingerprint density at radius 2 is 2.12 bits per heavy atom. The minimum Gasteiger partial charge on any atom is -0.481 e. The molecule has 5 nitrogen and oxygen atoms in total. The second-order valence-electron chi connectivity index (χ2n) is 4.53. The number of rotatable bonds is 6. The Balaban J connectivity index is 2.24. The van der Waals surface area contributed by atoms with Crippen molar-refractivity contribution in [3.63, 3.8) is 0 Å². The van der Waals surface area contributed by atoms with Crippen LogP contribution >= 0.6 is 0 Å². The first-order valence-electron chi connectivity index (χ1n) is 5.78. The molecule has 0 spiro atoms. The van der Waals surface area contributed by atoms with Crippen LogP contribution in [-0.4, -0.2) is 29.1 Å². The highest BCUT2D eigenvalue weighted by Crippen LogP contribution is 2.29. The summed E-state index contributed by atoms with van der Waals surface area (Å²) < 4.78 is 0. The standard InChI is InChI=1S/C11H20N2O3/c1-7(8-3-2-4-8)13-11(16)9(12)5-6-10(14)15/h7-9H,2-6,12H2,1H3,(H,13,16)(H,14,15). The monoisotopic (exact) mass is 228 g/mol. The van der Waals surface area contributed by atoms with Gasteiger partial charge in [-0.25, -0.2) is 0 Å². The predicted molar refractivity (Wildman–Crippen MR) is 59.8 cm³/mol. The van der Waals surface area contributed by atoms with Crippen LogP contribution in [0.1, 0.15) is 39.0 Å². The zero-order chi connectivity index (χ0) is 12.1. The largest absolute Gasteiger partial charge is 0.481 e. The molecule has 2 unspecified atom stereocenters. The van der Waals surface area contributed by atoms with Crippen molar-refractivity contribution < 1.29 is 14.7 Å². The SMILES string of the molecule is CC(NC(=O)C(N)CCC(=O)O)C1CCC1. The van der Waals surface area contributed by atoms with Gasteiger partial charge in [-0.1, -0.05) is 6.42 Å². The van der Waals surface area contributed by atoms with E-state index in [1.165, 1.54) is 6.42 Å². The molecule has 0 heterocycles. The maximum absolute atomic E-state index is 11.6. The molecule has 0 aliphatic heterocycles. The zero-order valence-corrected chi connectivity index (χ0v) is 9.61. The van der Waals surface area contributed by atoms with Crippen LogP contribution in [0, 0.1) is 5.92 Å². The Bertz CT molecular complexity index is 264. The van der Waals surface area contributed by atoms with E-state index in [-0.39, 0.29) is 24.8 Å². The predicted octanol–water partition coefficient (Wildman–Crippen LogP) is 0.483. The highest BCUT2D eigenvalue weighted by Gasteiger charge is 2.26. The second-order valence-corrected chi connectivity index (χ2v) is 4.53. The molecule has 0 aromatic rings. The van der Waals surface area contributed by atoms with Crippen LogP contribution in [0.15, 0.2) is 0 Å². The van der Waals surface area contributed by atoms with Crippen LogP contribution < -0.4 is 11.1 Å². The molecule has 1 aliphatic carbocycles. The van der Waals surface area contributed by atoms with Gasteiger partial charge in [0.15, 0.2) is 0 Å². The van der Waals surface area contributed by atoms with Gasteiger partial charge >= 0.3 is 5.97 Å². The third kappa shape index (κ3) is 3.81. The topological polar surface area (TPSA) is 92.4 Å². The normalized spacial score (nSPS) is 19.6. The third-order valence-electron chi connectivity index (χ3n) is 3.23. The van der Waals surface area contributed by atoms with Crippen LogP contribution in [0.3, 0.4) is 0 Å². The number of carbonyl (C=O) groups is 2. The average Bonchev–Trinajstić information content (AvgIpc) is 2.10. The van der Waals surface area contributed by atoms with E-state index in [4.69, 9.17) is 10.8 Å². The number of carbonyl (C=O) groups excluding carboxylic acids is 1. The van der Waals surface area contributed by atoms with E-state index < -0.39 is 12.0 Å². The van der Waals surface area contributed by atoms with Crippen molar-refractivity contribution in [3.05, 3.63) is 0 Å². The van der Waals surface area contributed by atoms with Crippen LogP contribution in [0.25, 0.3) is 0 Å². The summed E-state index contributed by atoms with van der Waals surface area (Å²) in [4.78, 5) is 21.9.